The summed E-state index contributed by atoms with van der Waals surface area (Å²) in [6.45, 7) is 10.1. The van der Waals surface area contributed by atoms with Gasteiger partial charge in [0.2, 0.25) is 0 Å². The van der Waals surface area contributed by atoms with Crippen molar-refractivity contribution in [3.63, 3.8) is 0 Å². The van der Waals surface area contributed by atoms with Gasteiger partial charge in [0.25, 0.3) is 0 Å². The fourth-order valence-electron chi connectivity index (χ4n) is 2.96. The van der Waals surface area contributed by atoms with Gasteiger partial charge < -0.3 is 10.1 Å². The lowest BCUT2D eigenvalue weighted by Gasteiger charge is -2.30. The quantitative estimate of drug-likeness (QED) is 0.865. The lowest BCUT2D eigenvalue weighted by molar-refractivity contribution is 0.363. The van der Waals surface area contributed by atoms with Gasteiger partial charge in [-0.25, -0.2) is 0 Å². The van der Waals surface area contributed by atoms with Crippen LogP contribution in [-0.2, 0) is 5.41 Å². The molecule has 0 radical (unpaired) electrons. The van der Waals surface area contributed by atoms with Crippen molar-refractivity contribution < 1.29 is 4.74 Å². The molecule has 1 N–H and O–H groups in total. The molecule has 1 aliphatic rings. The fourth-order valence-corrected chi connectivity index (χ4v) is 2.96. The van der Waals surface area contributed by atoms with E-state index in [2.05, 4.69) is 45.1 Å². The van der Waals surface area contributed by atoms with Gasteiger partial charge in [0.1, 0.15) is 5.75 Å². The van der Waals surface area contributed by atoms with Gasteiger partial charge in [-0.2, -0.15) is 0 Å². The van der Waals surface area contributed by atoms with Crippen molar-refractivity contribution in [2.75, 3.05) is 13.7 Å². The monoisotopic (exact) mass is 261 g/mol. The van der Waals surface area contributed by atoms with Crippen molar-refractivity contribution in [3.05, 3.63) is 28.8 Å². The van der Waals surface area contributed by atoms with Gasteiger partial charge in [-0.15, -0.1) is 0 Å². The number of aryl methyl sites for hydroxylation is 1. The minimum Gasteiger partial charge on any atom is -0.496 e. The third-order valence-corrected chi connectivity index (χ3v) is 3.96. The molecule has 1 heterocycles. The SMILES string of the molecule is COc1c(C2CCCCN2)cc(C)cc1C(C)(C)C. The Morgan fingerprint density at radius 1 is 1.21 bits per heavy atom. The van der Waals surface area contributed by atoms with Crippen LogP contribution in [-0.4, -0.2) is 13.7 Å². The molecule has 106 valence electrons. The Labute approximate surface area is 117 Å². The molecule has 0 amide bonds. The molecule has 1 aromatic rings. The molecule has 19 heavy (non-hydrogen) atoms. The van der Waals surface area contributed by atoms with Gasteiger partial charge >= 0.3 is 0 Å². The van der Waals surface area contributed by atoms with Crippen molar-refractivity contribution in [1.29, 1.82) is 0 Å². The van der Waals surface area contributed by atoms with Crippen LogP contribution < -0.4 is 10.1 Å². The van der Waals surface area contributed by atoms with E-state index in [4.69, 9.17) is 4.74 Å². The molecule has 0 bridgehead atoms. The van der Waals surface area contributed by atoms with Crippen LogP contribution in [0.1, 0.15) is 62.8 Å². The molecule has 0 saturated carbocycles. The summed E-state index contributed by atoms with van der Waals surface area (Å²) in [6.07, 6.45) is 3.81. The van der Waals surface area contributed by atoms with Gasteiger partial charge in [0.05, 0.1) is 7.11 Å². The molecule has 1 atom stereocenters. The molecule has 2 rings (SSSR count). The van der Waals surface area contributed by atoms with Gasteiger partial charge in [0, 0.05) is 17.2 Å². The molecule has 1 unspecified atom stereocenters. The zero-order valence-corrected chi connectivity index (χ0v) is 13.0. The summed E-state index contributed by atoms with van der Waals surface area (Å²) in [5.41, 5.74) is 4.10. The zero-order chi connectivity index (χ0) is 14.0. The number of nitrogens with one attached hydrogen (secondary N) is 1. The van der Waals surface area contributed by atoms with E-state index in [-0.39, 0.29) is 5.41 Å². The van der Waals surface area contributed by atoms with E-state index < -0.39 is 0 Å². The van der Waals surface area contributed by atoms with Crippen molar-refractivity contribution in [2.45, 2.75) is 58.4 Å². The van der Waals surface area contributed by atoms with Gasteiger partial charge in [-0.1, -0.05) is 44.9 Å². The Balaban J connectivity index is 2.50. The Bertz CT molecular complexity index is 439. The predicted octanol–water partition coefficient (Wildman–Crippen LogP) is 4.12. The van der Waals surface area contributed by atoms with E-state index in [9.17, 15) is 0 Å². The van der Waals surface area contributed by atoms with Crippen molar-refractivity contribution >= 4 is 0 Å². The summed E-state index contributed by atoms with van der Waals surface area (Å²) in [4.78, 5) is 0. The van der Waals surface area contributed by atoms with E-state index in [1.165, 1.54) is 36.0 Å². The van der Waals surface area contributed by atoms with Crippen LogP contribution in [0.25, 0.3) is 0 Å². The molecule has 0 aliphatic carbocycles. The number of benzene rings is 1. The normalized spacial score (nSPS) is 20.4. The first-order valence-corrected chi connectivity index (χ1v) is 7.36. The molecule has 2 heteroatoms. The maximum atomic E-state index is 5.77. The van der Waals surface area contributed by atoms with Crippen LogP contribution in [0.2, 0.25) is 0 Å². The standard InChI is InChI=1S/C17H27NO/c1-12-10-13(15-8-6-7-9-18-15)16(19-5)14(11-12)17(2,3)4/h10-11,15,18H,6-9H2,1-5H3. The minimum absolute atomic E-state index is 0.112. The molecule has 1 saturated heterocycles. The van der Waals surface area contributed by atoms with Crippen molar-refractivity contribution in [1.82, 2.24) is 5.32 Å². The molecule has 1 fully saturated rings. The van der Waals surface area contributed by atoms with Crippen LogP contribution in [0.15, 0.2) is 12.1 Å². The Kier molecular flexibility index (Phi) is 4.19. The third-order valence-electron chi connectivity index (χ3n) is 3.96. The fraction of sp³-hybridized carbons (Fsp3) is 0.647. The largest absolute Gasteiger partial charge is 0.496 e. The summed E-state index contributed by atoms with van der Waals surface area (Å²) < 4.78 is 5.77. The van der Waals surface area contributed by atoms with Crippen molar-refractivity contribution in [3.8, 4) is 5.75 Å². The topological polar surface area (TPSA) is 21.3 Å². The number of hydrogen-bond donors (Lipinski definition) is 1. The first-order chi connectivity index (χ1) is 8.93. The van der Waals surface area contributed by atoms with Crippen LogP contribution in [0.4, 0.5) is 0 Å². The van der Waals surface area contributed by atoms with Crippen LogP contribution >= 0.6 is 0 Å². The second-order valence-electron chi connectivity index (χ2n) is 6.69. The molecular formula is C17H27NO. The summed E-state index contributed by atoms with van der Waals surface area (Å²) in [6, 6.07) is 5.01. The molecule has 2 nitrogen and oxygen atoms in total. The van der Waals surface area contributed by atoms with Gasteiger partial charge in [0.15, 0.2) is 0 Å². The highest BCUT2D eigenvalue weighted by Gasteiger charge is 2.25. The average Bonchev–Trinajstić information content (AvgIpc) is 2.37. The number of methoxy groups -OCH3 is 1. The highest BCUT2D eigenvalue weighted by atomic mass is 16.5. The zero-order valence-electron chi connectivity index (χ0n) is 13.0. The summed E-state index contributed by atoms with van der Waals surface area (Å²) in [5.74, 6) is 1.08. The lowest BCUT2D eigenvalue weighted by Crippen LogP contribution is -2.28. The number of ether oxygens (including phenoxy) is 1. The van der Waals surface area contributed by atoms with Gasteiger partial charge in [-0.3, -0.25) is 0 Å². The first-order valence-electron chi connectivity index (χ1n) is 7.36. The van der Waals surface area contributed by atoms with E-state index >= 15 is 0 Å². The van der Waals surface area contributed by atoms with Crippen molar-refractivity contribution in [2.24, 2.45) is 0 Å². The van der Waals surface area contributed by atoms with E-state index in [1.807, 2.05) is 0 Å². The minimum atomic E-state index is 0.112. The lowest BCUT2D eigenvalue weighted by atomic mass is 9.82. The molecular weight excluding hydrogens is 234 g/mol. The smallest absolute Gasteiger partial charge is 0.127 e. The predicted molar refractivity (Wildman–Crippen MR) is 81.0 cm³/mol. The van der Waals surface area contributed by atoms with Crippen LogP contribution in [0.5, 0.6) is 5.75 Å². The highest BCUT2D eigenvalue weighted by molar-refractivity contribution is 5.49. The second kappa shape index (κ2) is 5.54. The first kappa shape index (κ1) is 14.4. The second-order valence-corrected chi connectivity index (χ2v) is 6.69. The van der Waals surface area contributed by atoms with Gasteiger partial charge in [-0.05, 0) is 31.7 Å². The summed E-state index contributed by atoms with van der Waals surface area (Å²) >= 11 is 0. The molecule has 0 aromatic heterocycles. The third kappa shape index (κ3) is 3.11. The number of rotatable bonds is 2. The Morgan fingerprint density at radius 3 is 2.47 bits per heavy atom. The van der Waals surface area contributed by atoms with E-state index in [0.717, 1.165) is 12.3 Å². The maximum absolute atomic E-state index is 5.77. The average molecular weight is 261 g/mol. The highest BCUT2D eigenvalue weighted by Crippen LogP contribution is 2.39. The number of hydrogen-bond acceptors (Lipinski definition) is 2. The molecule has 0 spiro atoms. The van der Waals surface area contributed by atoms with Crippen LogP contribution in [0, 0.1) is 6.92 Å². The number of piperidine rings is 1. The molecule has 1 aromatic carbocycles. The molecule has 1 aliphatic heterocycles. The summed E-state index contributed by atoms with van der Waals surface area (Å²) in [5, 5.41) is 3.64. The summed E-state index contributed by atoms with van der Waals surface area (Å²) in [7, 11) is 1.80. The van der Waals surface area contributed by atoms with E-state index in [0.29, 0.717) is 6.04 Å². The Hall–Kier alpha value is -1.02. The van der Waals surface area contributed by atoms with E-state index in [1.54, 1.807) is 7.11 Å². The maximum Gasteiger partial charge on any atom is 0.127 e. The van der Waals surface area contributed by atoms with Crippen LogP contribution in [0.3, 0.4) is 0 Å². The Morgan fingerprint density at radius 2 is 1.95 bits per heavy atom.